The van der Waals surface area contributed by atoms with Gasteiger partial charge in [0.15, 0.2) is 5.75 Å². The molecule has 2 rings (SSSR count). The van der Waals surface area contributed by atoms with Gasteiger partial charge in [0, 0.05) is 16.8 Å². The van der Waals surface area contributed by atoms with Crippen molar-refractivity contribution in [3.05, 3.63) is 45.6 Å². The molecule has 0 fully saturated rings. The van der Waals surface area contributed by atoms with Gasteiger partial charge in [0.2, 0.25) is 0 Å². The van der Waals surface area contributed by atoms with Crippen molar-refractivity contribution in [3.63, 3.8) is 0 Å². The number of aryl methyl sites for hydroxylation is 1. The van der Waals surface area contributed by atoms with Crippen LogP contribution in [0.5, 0.6) is 5.75 Å². The molecular formula is C16H20N2O2S. The van der Waals surface area contributed by atoms with Crippen LogP contribution in [0.1, 0.15) is 33.1 Å². The molecule has 0 aliphatic rings. The zero-order valence-electron chi connectivity index (χ0n) is 12.7. The molecule has 0 aliphatic heterocycles. The Labute approximate surface area is 129 Å². The van der Waals surface area contributed by atoms with Crippen LogP contribution in [0.25, 0.3) is 0 Å². The molecule has 1 atom stereocenters. The average Bonchev–Trinajstić information content (AvgIpc) is 2.91. The van der Waals surface area contributed by atoms with Crippen molar-refractivity contribution < 1.29 is 9.53 Å². The molecule has 0 spiro atoms. The van der Waals surface area contributed by atoms with Gasteiger partial charge in [-0.05, 0) is 38.1 Å². The smallest absolute Gasteiger partial charge is 0.257 e. The average molecular weight is 304 g/mol. The maximum absolute atomic E-state index is 12.7. The van der Waals surface area contributed by atoms with Crippen molar-refractivity contribution in [3.8, 4) is 5.75 Å². The summed E-state index contributed by atoms with van der Waals surface area (Å²) in [6, 6.07) is 9.35. The summed E-state index contributed by atoms with van der Waals surface area (Å²) in [5.74, 6) is 0.335. The zero-order chi connectivity index (χ0) is 15.6. The van der Waals surface area contributed by atoms with Gasteiger partial charge in [-0.3, -0.25) is 4.79 Å². The largest absolute Gasteiger partial charge is 0.494 e. The summed E-state index contributed by atoms with van der Waals surface area (Å²) in [6.45, 7) is 4.07. The van der Waals surface area contributed by atoms with Gasteiger partial charge in [0.1, 0.15) is 0 Å². The van der Waals surface area contributed by atoms with E-state index in [-0.39, 0.29) is 11.9 Å². The van der Waals surface area contributed by atoms with Crippen molar-refractivity contribution in [2.24, 2.45) is 0 Å². The van der Waals surface area contributed by atoms with Gasteiger partial charge < -0.3 is 15.4 Å². The molecule has 1 aromatic carbocycles. The first-order valence-corrected chi connectivity index (χ1v) is 7.53. The molecule has 0 aliphatic carbocycles. The zero-order valence-corrected chi connectivity index (χ0v) is 13.5. The standard InChI is InChI=1S/C16H20N2O2S/c1-10-8-9-14(21-10)11(2)18(3)16(19)12-6-5-7-13(17)15(12)20-4/h5-9,11H,17H2,1-4H3. The Kier molecular flexibility index (Phi) is 4.53. The van der Waals surface area contributed by atoms with Crippen LogP contribution >= 0.6 is 11.3 Å². The minimum absolute atomic E-state index is 0.00216. The summed E-state index contributed by atoms with van der Waals surface area (Å²) in [7, 11) is 3.32. The predicted molar refractivity (Wildman–Crippen MR) is 87.0 cm³/mol. The topological polar surface area (TPSA) is 55.6 Å². The van der Waals surface area contributed by atoms with Crippen molar-refractivity contribution in [1.29, 1.82) is 0 Å². The molecule has 1 aromatic heterocycles. The Morgan fingerprint density at radius 3 is 2.62 bits per heavy atom. The molecule has 2 N–H and O–H groups in total. The first-order valence-electron chi connectivity index (χ1n) is 6.71. The van der Waals surface area contributed by atoms with Crippen LogP contribution in [0, 0.1) is 6.92 Å². The molecular weight excluding hydrogens is 284 g/mol. The van der Waals surface area contributed by atoms with E-state index in [1.807, 2.05) is 6.92 Å². The van der Waals surface area contributed by atoms with E-state index in [9.17, 15) is 4.79 Å². The predicted octanol–water partition coefficient (Wildman–Crippen LogP) is 3.48. The quantitative estimate of drug-likeness (QED) is 0.880. The number of anilines is 1. The number of ether oxygens (including phenoxy) is 1. The van der Waals surface area contributed by atoms with E-state index in [0.717, 1.165) is 4.88 Å². The highest BCUT2D eigenvalue weighted by Crippen LogP contribution is 2.31. The van der Waals surface area contributed by atoms with Crippen molar-refractivity contribution in [2.45, 2.75) is 19.9 Å². The maximum Gasteiger partial charge on any atom is 0.257 e. The van der Waals surface area contributed by atoms with E-state index in [4.69, 9.17) is 10.5 Å². The number of nitrogens with zero attached hydrogens (tertiary/aromatic N) is 1. The lowest BCUT2D eigenvalue weighted by Crippen LogP contribution is -2.29. The lowest BCUT2D eigenvalue weighted by Gasteiger charge is -2.25. The molecule has 4 nitrogen and oxygen atoms in total. The van der Waals surface area contributed by atoms with Gasteiger partial charge in [0.25, 0.3) is 5.91 Å². The fourth-order valence-corrected chi connectivity index (χ4v) is 3.16. The molecule has 0 bridgehead atoms. The maximum atomic E-state index is 12.7. The molecule has 112 valence electrons. The molecule has 21 heavy (non-hydrogen) atoms. The number of nitrogen functional groups attached to an aromatic ring is 1. The van der Waals surface area contributed by atoms with E-state index in [1.54, 1.807) is 41.5 Å². The molecule has 0 saturated carbocycles. The van der Waals surface area contributed by atoms with Gasteiger partial charge in [-0.2, -0.15) is 0 Å². The number of carbonyl (C=O) groups is 1. The number of carbonyl (C=O) groups excluding carboxylic acids is 1. The third-order valence-corrected chi connectivity index (χ3v) is 4.73. The lowest BCUT2D eigenvalue weighted by molar-refractivity contribution is 0.0741. The Balaban J connectivity index is 2.29. The fraction of sp³-hybridized carbons (Fsp3) is 0.312. The highest BCUT2D eigenvalue weighted by Gasteiger charge is 2.23. The normalized spacial score (nSPS) is 12.0. The van der Waals surface area contributed by atoms with Crippen LogP contribution in [-0.4, -0.2) is 25.0 Å². The molecule has 0 radical (unpaired) electrons. The van der Waals surface area contributed by atoms with Gasteiger partial charge >= 0.3 is 0 Å². The Bertz CT molecular complexity index is 651. The van der Waals surface area contributed by atoms with E-state index in [2.05, 4.69) is 19.1 Å². The highest BCUT2D eigenvalue weighted by atomic mass is 32.1. The van der Waals surface area contributed by atoms with E-state index in [1.165, 1.54) is 12.0 Å². The highest BCUT2D eigenvalue weighted by molar-refractivity contribution is 7.12. The van der Waals surface area contributed by atoms with Crippen LogP contribution in [0.3, 0.4) is 0 Å². The SMILES string of the molecule is COc1c(N)cccc1C(=O)N(C)C(C)c1ccc(C)s1. The number of hydrogen-bond donors (Lipinski definition) is 1. The third kappa shape index (κ3) is 3.03. The Morgan fingerprint density at radius 1 is 1.33 bits per heavy atom. The van der Waals surface area contributed by atoms with Crippen LogP contribution in [0.15, 0.2) is 30.3 Å². The molecule has 1 amide bonds. The van der Waals surface area contributed by atoms with Crippen molar-refractivity contribution in [2.75, 3.05) is 19.9 Å². The lowest BCUT2D eigenvalue weighted by atomic mass is 10.1. The summed E-state index contributed by atoms with van der Waals surface area (Å²) >= 11 is 1.70. The first-order chi connectivity index (χ1) is 9.95. The third-order valence-electron chi connectivity index (χ3n) is 3.55. The number of methoxy groups -OCH3 is 1. The van der Waals surface area contributed by atoms with Gasteiger partial charge in [-0.15, -0.1) is 11.3 Å². The second-order valence-corrected chi connectivity index (χ2v) is 6.29. The minimum Gasteiger partial charge on any atom is -0.494 e. The van der Waals surface area contributed by atoms with Crippen LogP contribution in [0.2, 0.25) is 0 Å². The van der Waals surface area contributed by atoms with Crippen LogP contribution in [-0.2, 0) is 0 Å². The van der Waals surface area contributed by atoms with Gasteiger partial charge in [-0.25, -0.2) is 0 Å². The number of nitrogens with two attached hydrogens (primary N) is 1. The summed E-state index contributed by atoms with van der Waals surface area (Å²) in [6.07, 6.45) is 0. The summed E-state index contributed by atoms with van der Waals surface area (Å²) in [5.41, 5.74) is 6.82. The van der Waals surface area contributed by atoms with Crippen LogP contribution < -0.4 is 10.5 Å². The first kappa shape index (κ1) is 15.4. The molecule has 5 heteroatoms. The number of amides is 1. The van der Waals surface area contributed by atoms with Crippen molar-refractivity contribution in [1.82, 2.24) is 4.90 Å². The fourth-order valence-electron chi connectivity index (χ4n) is 2.19. The van der Waals surface area contributed by atoms with E-state index in [0.29, 0.717) is 17.0 Å². The Hall–Kier alpha value is -2.01. The number of para-hydroxylation sites is 1. The van der Waals surface area contributed by atoms with E-state index < -0.39 is 0 Å². The monoisotopic (exact) mass is 304 g/mol. The summed E-state index contributed by atoms with van der Waals surface area (Å²) in [4.78, 5) is 16.8. The second-order valence-electron chi connectivity index (χ2n) is 4.97. The summed E-state index contributed by atoms with van der Waals surface area (Å²) in [5, 5.41) is 0. The van der Waals surface area contributed by atoms with Gasteiger partial charge in [-0.1, -0.05) is 6.07 Å². The number of hydrogen-bond acceptors (Lipinski definition) is 4. The number of thiophene rings is 1. The van der Waals surface area contributed by atoms with Crippen molar-refractivity contribution >= 4 is 22.9 Å². The number of benzene rings is 1. The van der Waals surface area contributed by atoms with Crippen LogP contribution in [0.4, 0.5) is 5.69 Å². The van der Waals surface area contributed by atoms with E-state index >= 15 is 0 Å². The Morgan fingerprint density at radius 2 is 2.05 bits per heavy atom. The molecule has 1 unspecified atom stereocenters. The van der Waals surface area contributed by atoms with Gasteiger partial charge in [0.05, 0.1) is 24.4 Å². The number of rotatable bonds is 4. The second kappa shape index (κ2) is 6.18. The minimum atomic E-state index is -0.0993. The molecule has 0 saturated heterocycles. The molecule has 2 aromatic rings. The molecule has 1 heterocycles. The summed E-state index contributed by atoms with van der Waals surface area (Å²) < 4.78 is 5.27.